The molecule has 0 aliphatic carbocycles. The first-order chi connectivity index (χ1) is 10.4. The average Bonchev–Trinajstić information content (AvgIpc) is 2.89. The molecule has 1 heterocycles. The van der Waals surface area contributed by atoms with E-state index in [1.54, 1.807) is 29.2 Å². The molecule has 0 saturated heterocycles. The lowest BCUT2D eigenvalue weighted by molar-refractivity contribution is 0.0675. The number of hydrogen-bond acceptors (Lipinski definition) is 3. The van der Waals surface area contributed by atoms with Gasteiger partial charge >= 0.3 is 0 Å². The Kier molecular flexibility index (Phi) is 4.65. The molecule has 116 valence electrons. The Labute approximate surface area is 129 Å². The van der Waals surface area contributed by atoms with Crippen LogP contribution in [0.1, 0.15) is 46.1 Å². The van der Waals surface area contributed by atoms with Crippen LogP contribution in [0.15, 0.2) is 40.8 Å². The predicted octanol–water partition coefficient (Wildman–Crippen LogP) is 2.74. The fraction of sp³-hybridized carbons (Fsp3) is 0.294. The third-order valence-electron chi connectivity index (χ3n) is 3.42. The van der Waals surface area contributed by atoms with E-state index in [2.05, 4.69) is 0 Å². The second-order valence-corrected chi connectivity index (χ2v) is 5.48. The molecule has 0 aliphatic heterocycles. The lowest BCUT2D eigenvalue weighted by Crippen LogP contribution is -2.36. The van der Waals surface area contributed by atoms with Crippen molar-refractivity contribution in [2.24, 2.45) is 5.73 Å². The van der Waals surface area contributed by atoms with Crippen LogP contribution in [0.3, 0.4) is 0 Å². The zero-order valence-corrected chi connectivity index (χ0v) is 13.0. The third-order valence-corrected chi connectivity index (χ3v) is 3.42. The average molecular weight is 300 g/mol. The number of aryl methyl sites for hydroxylation is 1. The van der Waals surface area contributed by atoms with Crippen molar-refractivity contribution >= 4 is 11.8 Å². The van der Waals surface area contributed by atoms with Gasteiger partial charge in [0.05, 0.1) is 6.54 Å². The van der Waals surface area contributed by atoms with E-state index in [1.807, 2.05) is 32.9 Å². The minimum atomic E-state index is -0.509. The van der Waals surface area contributed by atoms with E-state index in [0.29, 0.717) is 17.7 Å². The lowest BCUT2D eigenvalue weighted by Gasteiger charge is -2.26. The molecule has 0 aliphatic rings. The first kappa shape index (κ1) is 15.8. The summed E-state index contributed by atoms with van der Waals surface area (Å²) in [6.45, 7) is 6.17. The number of primary amides is 1. The molecule has 0 fully saturated rings. The second kappa shape index (κ2) is 6.47. The van der Waals surface area contributed by atoms with Crippen LogP contribution in [0.2, 0.25) is 0 Å². The Morgan fingerprint density at radius 2 is 1.68 bits per heavy atom. The Bertz CT molecular complexity index is 671. The van der Waals surface area contributed by atoms with Gasteiger partial charge < -0.3 is 15.1 Å². The first-order valence-corrected chi connectivity index (χ1v) is 7.14. The lowest BCUT2D eigenvalue weighted by atomic mass is 10.1. The van der Waals surface area contributed by atoms with Crippen molar-refractivity contribution in [3.05, 3.63) is 59.0 Å². The van der Waals surface area contributed by atoms with E-state index in [9.17, 15) is 9.59 Å². The topological polar surface area (TPSA) is 76.5 Å². The van der Waals surface area contributed by atoms with E-state index in [4.69, 9.17) is 10.2 Å². The molecule has 2 amide bonds. The highest BCUT2D eigenvalue weighted by Gasteiger charge is 2.20. The van der Waals surface area contributed by atoms with Crippen LogP contribution in [0.5, 0.6) is 0 Å². The second-order valence-electron chi connectivity index (χ2n) is 5.48. The molecule has 0 saturated carbocycles. The molecule has 1 aromatic heterocycles. The van der Waals surface area contributed by atoms with E-state index in [1.165, 1.54) is 0 Å². The summed E-state index contributed by atoms with van der Waals surface area (Å²) < 4.78 is 5.55. The molecule has 0 bridgehead atoms. The SMILES string of the molecule is Cc1ccc(CN(C(=O)c2ccc(C(N)=O)cc2)C(C)C)o1. The van der Waals surface area contributed by atoms with Gasteiger partial charge in [0.25, 0.3) is 5.91 Å². The fourth-order valence-corrected chi connectivity index (χ4v) is 2.17. The van der Waals surface area contributed by atoms with Gasteiger partial charge in [-0.05, 0) is 57.2 Å². The van der Waals surface area contributed by atoms with Gasteiger partial charge in [0, 0.05) is 17.2 Å². The maximum atomic E-state index is 12.6. The maximum absolute atomic E-state index is 12.6. The number of nitrogens with two attached hydrogens (primary N) is 1. The van der Waals surface area contributed by atoms with E-state index in [0.717, 1.165) is 11.5 Å². The number of hydrogen-bond donors (Lipinski definition) is 1. The molecule has 2 rings (SSSR count). The van der Waals surface area contributed by atoms with Crippen LogP contribution in [0.25, 0.3) is 0 Å². The van der Waals surface area contributed by atoms with Crippen molar-refractivity contribution in [1.29, 1.82) is 0 Å². The summed E-state index contributed by atoms with van der Waals surface area (Å²) in [7, 11) is 0. The molecule has 22 heavy (non-hydrogen) atoms. The van der Waals surface area contributed by atoms with Crippen LogP contribution in [0.4, 0.5) is 0 Å². The molecule has 0 radical (unpaired) electrons. The molecule has 1 aromatic carbocycles. The normalized spacial score (nSPS) is 10.7. The van der Waals surface area contributed by atoms with E-state index in [-0.39, 0.29) is 11.9 Å². The summed E-state index contributed by atoms with van der Waals surface area (Å²) in [4.78, 5) is 25.4. The van der Waals surface area contributed by atoms with Gasteiger partial charge in [0.15, 0.2) is 0 Å². The molecule has 5 heteroatoms. The number of amides is 2. The number of benzene rings is 1. The molecule has 0 unspecified atom stereocenters. The summed E-state index contributed by atoms with van der Waals surface area (Å²) in [5.74, 6) is 0.941. The highest BCUT2D eigenvalue weighted by Crippen LogP contribution is 2.16. The van der Waals surface area contributed by atoms with Crippen LogP contribution >= 0.6 is 0 Å². The van der Waals surface area contributed by atoms with Crippen molar-refractivity contribution in [3.63, 3.8) is 0 Å². The Balaban J connectivity index is 2.20. The van der Waals surface area contributed by atoms with Crippen molar-refractivity contribution in [2.45, 2.75) is 33.4 Å². The van der Waals surface area contributed by atoms with Crippen molar-refractivity contribution in [1.82, 2.24) is 4.90 Å². The van der Waals surface area contributed by atoms with Gasteiger partial charge in [-0.2, -0.15) is 0 Å². The molecule has 2 N–H and O–H groups in total. The monoisotopic (exact) mass is 300 g/mol. The van der Waals surface area contributed by atoms with Gasteiger partial charge in [-0.25, -0.2) is 0 Å². The minimum absolute atomic E-state index is 0.0220. The van der Waals surface area contributed by atoms with Crippen LogP contribution < -0.4 is 5.73 Å². The number of rotatable bonds is 5. The Morgan fingerprint density at radius 3 is 2.14 bits per heavy atom. The summed E-state index contributed by atoms with van der Waals surface area (Å²) in [6.07, 6.45) is 0. The van der Waals surface area contributed by atoms with E-state index >= 15 is 0 Å². The number of carbonyl (C=O) groups is 2. The number of nitrogens with zero attached hydrogens (tertiary/aromatic N) is 1. The van der Waals surface area contributed by atoms with Gasteiger partial charge in [0.2, 0.25) is 5.91 Å². The van der Waals surface area contributed by atoms with Crippen molar-refractivity contribution in [2.75, 3.05) is 0 Å². The summed E-state index contributed by atoms with van der Waals surface area (Å²) >= 11 is 0. The fourth-order valence-electron chi connectivity index (χ4n) is 2.17. The van der Waals surface area contributed by atoms with Gasteiger partial charge in [-0.3, -0.25) is 9.59 Å². The van der Waals surface area contributed by atoms with Crippen LogP contribution in [0, 0.1) is 6.92 Å². The highest BCUT2D eigenvalue weighted by atomic mass is 16.3. The summed E-state index contributed by atoms with van der Waals surface area (Å²) in [5.41, 5.74) is 6.11. The van der Waals surface area contributed by atoms with E-state index < -0.39 is 5.91 Å². The molecule has 0 atom stereocenters. The Hall–Kier alpha value is -2.56. The quantitative estimate of drug-likeness (QED) is 0.922. The first-order valence-electron chi connectivity index (χ1n) is 7.14. The zero-order chi connectivity index (χ0) is 16.3. The largest absolute Gasteiger partial charge is 0.464 e. The Morgan fingerprint density at radius 1 is 1.09 bits per heavy atom. The number of furan rings is 1. The molecular weight excluding hydrogens is 280 g/mol. The van der Waals surface area contributed by atoms with Crippen LogP contribution in [-0.4, -0.2) is 22.8 Å². The minimum Gasteiger partial charge on any atom is -0.464 e. The molecule has 2 aromatic rings. The highest BCUT2D eigenvalue weighted by molar-refractivity contribution is 5.97. The molecule has 5 nitrogen and oxygen atoms in total. The van der Waals surface area contributed by atoms with Gasteiger partial charge in [-0.1, -0.05) is 0 Å². The molecular formula is C17H20N2O3. The zero-order valence-electron chi connectivity index (χ0n) is 13.0. The third kappa shape index (κ3) is 3.55. The van der Waals surface area contributed by atoms with Crippen molar-refractivity contribution < 1.29 is 14.0 Å². The molecule has 0 spiro atoms. The maximum Gasteiger partial charge on any atom is 0.254 e. The van der Waals surface area contributed by atoms with Crippen LogP contribution in [-0.2, 0) is 6.54 Å². The smallest absolute Gasteiger partial charge is 0.254 e. The summed E-state index contributed by atoms with van der Waals surface area (Å²) in [6, 6.07) is 10.1. The van der Waals surface area contributed by atoms with Gasteiger partial charge in [0.1, 0.15) is 11.5 Å². The predicted molar refractivity (Wildman–Crippen MR) is 83.4 cm³/mol. The number of carbonyl (C=O) groups excluding carboxylic acids is 2. The summed E-state index contributed by atoms with van der Waals surface area (Å²) in [5, 5.41) is 0. The van der Waals surface area contributed by atoms with Gasteiger partial charge in [-0.15, -0.1) is 0 Å². The standard InChI is InChI=1S/C17H20N2O3/c1-11(2)19(10-15-9-4-12(3)22-15)17(21)14-7-5-13(6-8-14)16(18)20/h4-9,11H,10H2,1-3H3,(H2,18,20). The van der Waals surface area contributed by atoms with Crippen molar-refractivity contribution in [3.8, 4) is 0 Å².